The lowest BCUT2D eigenvalue weighted by Crippen LogP contribution is -1.88. The number of allylic oxidation sites excluding steroid dienone is 5. The number of rotatable bonds is 3. The molecule has 0 heteroatoms. The van der Waals surface area contributed by atoms with Crippen molar-refractivity contribution in [2.24, 2.45) is 0 Å². The van der Waals surface area contributed by atoms with Gasteiger partial charge in [-0.15, -0.1) is 0 Å². The van der Waals surface area contributed by atoms with Gasteiger partial charge in [-0.25, -0.2) is 0 Å². The van der Waals surface area contributed by atoms with Crippen LogP contribution in [0.5, 0.6) is 0 Å². The molecule has 78 valence electrons. The predicted molar refractivity (Wildman–Crippen MR) is 68.8 cm³/mol. The Morgan fingerprint density at radius 1 is 1.27 bits per heavy atom. The summed E-state index contributed by atoms with van der Waals surface area (Å²) in [7, 11) is 0. The molecule has 0 unspecified atom stereocenters. The quantitative estimate of drug-likeness (QED) is 0.626. The summed E-state index contributed by atoms with van der Waals surface area (Å²) in [6.07, 6.45) is 6.10. The molecule has 0 fully saturated rings. The zero-order valence-electron chi connectivity index (χ0n) is 9.75. The zero-order valence-corrected chi connectivity index (χ0v) is 9.75. The van der Waals surface area contributed by atoms with Gasteiger partial charge in [0.05, 0.1) is 0 Å². The van der Waals surface area contributed by atoms with Gasteiger partial charge in [0.2, 0.25) is 0 Å². The number of aryl methyl sites for hydroxylation is 1. The number of hydrogen-bond donors (Lipinski definition) is 0. The van der Waals surface area contributed by atoms with Crippen LogP contribution in [-0.2, 0) is 0 Å². The van der Waals surface area contributed by atoms with Crippen molar-refractivity contribution >= 4 is 5.57 Å². The maximum absolute atomic E-state index is 3.89. The van der Waals surface area contributed by atoms with Crippen molar-refractivity contribution in [3.05, 3.63) is 65.8 Å². The maximum atomic E-state index is 3.89. The minimum absolute atomic E-state index is 1.21. The molecular weight excluding hydrogens is 180 g/mol. The number of benzene rings is 1. The maximum Gasteiger partial charge on any atom is -0.0152 e. The fourth-order valence-electron chi connectivity index (χ4n) is 1.70. The third-order valence-electron chi connectivity index (χ3n) is 2.48. The molecule has 0 aliphatic carbocycles. The van der Waals surface area contributed by atoms with E-state index in [2.05, 4.69) is 56.8 Å². The molecule has 0 heterocycles. The van der Waals surface area contributed by atoms with Gasteiger partial charge in [0.15, 0.2) is 0 Å². The first-order chi connectivity index (χ1) is 7.20. The molecule has 0 aliphatic heterocycles. The molecule has 0 spiro atoms. The van der Waals surface area contributed by atoms with Gasteiger partial charge >= 0.3 is 0 Å². The van der Waals surface area contributed by atoms with E-state index in [-0.39, 0.29) is 0 Å². The Balaban J connectivity index is 3.31. The second kappa shape index (κ2) is 5.35. The Kier molecular flexibility index (Phi) is 4.11. The van der Waals surface area contributed by atoms with Crippen molar-refractivity contribution in [3.8, 4) is 0 Å². The monoisotopic (exact) mass is 198 g/mol. The van der Waals surface area contributed by atoms with Crippen LogP contribution in [0.2, 0.25) is 0 Å². The highest BCUT2D eigenvalue weighted by molar-refractivity contribution is 5.79. The zero-order chi connectivity index (χ0) is 11.3. The largest absolute Gasteiger partial charge is 0.0984 e. The van der Waals surface area contributed by atoms with E-state index in [1.54, 1.807) is 0 Å². The highest BCUT2D eigenvalue weighted by Crippen LogP contribution is 2.23. The number of hydrogen-bond acceptors (Lipinski definition) is 0. The minimum Gasteiger partial charge on any atom is -0.0984 e. The molecule has 0 radical (unpaired) electrons. The second-order valence-electron chi connectivity index (χ2n) is 3.62. The molecular formula is C15H18. The molecule has 1 aromatic carbocycles. The molecule has 0 aliphatic rings. The van der Waals surface area contributed by atoms with Gasteiger partial charge in [0.25, 0.3) is 0 Å². The standard InChI is InChI=1S/C15H18/c1-5-9-12(3)14(6-2)15-11-8-7-10-13(15)4/h5-11H,2H2,1,3-4H3/b9-5-,14-12+. The summed E-state index contributed by atoms with van der Waals surface area (Å²) in [5.74, 6) is 0. The lowest BCUT2D eigenvalue weighted by atomic mass is 9.96. The van der Waals surface area contributed by atoms with Gasteiger partial charge in [-0.2, -0.15) is 0 Å². The molecule has 0 nitrogen and oxygen atoms in total. The molecule has 0 saturated carbocycles. The Hall–Kier alpha value is -1.56. The molecule has 0 N–H and O–H groups in total. The van der Waals surface area contributed by atoms with Gasteiger partial charge in [0.1, 0.15) is 0 Å². The molecule has 15 heavy (non-hydrogen) atoms. The summed E-state index contributed by atoms with van der Waals surface area (Å²) < 4.78 is 0. The topological polar surface area (TPSA) is 0 Å². The lowest BCUT2D eigenvalue weighted by Gasteiger charge is -2.08. The van der Waals surface area contributed by atoms with Crippen LogP contribution < -0.4 is 0 Å². The Bertz CT molecular complexity index is 406. The summed E-state index contributed by atoms with van der Waals surface area (Å²) in [5.41, 5.74) is 5.02. The van der Waals surface area contributed by atoms with E-state index in [4.69, 9.17) is 0 Å². The van der Waals surface area contributed by atoms with Crippen molar-refractivity contribution < 1.29 is 0 Å². The van der Waals surface area contributed by atoms with Crippen molar-refractivity contribution in [2.75, 3.05) is 0 Å². The molecule has 0 saturated heterocycles. The summed E-state index contributed by atoms with van der Waals surface area (Å²) in [6, 6.07) is 8.39. The Morgan fingerprint density at radius 3 is 2.47 bits per heavy atom. The van der Waals surface area contributed by atoms with Crippen molar-refractivity contribution in [1.82, 2.24) is 0 Å². The van der Waals surface area contributed by atoms with Gasteiger partial charge in [-0.3, -0.25) is 0 Å². The molecule has 1 aromatic rings. The van der Waals surface area contributed by atoms with Crippen LogP contribution in [0.3, 0.4) is 0 Å². The van der Waals surface area contributed by atoms with Crippen LogP contribution in [0.25, 0.3) is 5.57 Å². The highest BCUT2D eigenvalue weighted by atomic mass is 14.1. The summed E-state index contributed by atoms with van der Waals surface area (Å²) in [5, 5.41) is 0. The van der Waals surface area contributed by atoms with Crippen LogP contribution in [0.1, 0.15) is 25.0 Å². The van der Waals surface area contributed by atoms with Crippen molar-refractivity contribution in [2.45, 2.75) is 20.8 Å². The Labute approximate surface area is 92.6 Å². The average Bonchev–Trinajstić information content (AvgIpc) is 2.22. The second-order valence-corrected chi connectivity index (χ2v) is 3.62. The van der Waals surface area contributed by atoms with Gasteiger partial charge < -0.3 is 0 Å². The summed E-state index contributed by atoms with van der Waals surface area (Å²) in [6.45, 7) is 10.2. The van der Waals surface area contributed by atoms with E-state index in [1.807, 2.05) is 13.0 Å². The summed E-state index contributed by atoms with van der Waals surface area (Å²) >= 11 is 0. The fraction of sp³-hybridized carbons (Fsp3) is 0.200. The minimum atomic E-state index is 1.21. The first-order valence-electron chi connectivity index (χ1n) is 5.22. The molecule has 0 amide bonds. The van der Waals surface area contributed by atoms with Crippen molar-refractivity contribution in [3.63, 3.8) is 0 Å². The van der Waals surface area contributed by atoms with Gasteiger partial charge in [-0.1, -0.05) is 49.1 Å². The third-order valence-corrected chi connectivity index (χ3v) is 2.48. The van der Waals surface area contributed by atoms with E-state index < -0.39 is 0 Å². The van der Waals surface area contributed by atoms with E-state index in [9.17, 15) is 0 Å². The Morgan fingerprint density at radius 2 is 1.93 bits per heavy atom. The van der Waals surface area contributed by atoms with Crippen LogP contribution in [0.15, 0.2) is 54.6 Å². The van der Waals surface area contributed by atoms with E-state index in [1.165, 1.54) is 22.3 Å². The summed E-state index contributed by atoms with van der Waals surface area (Å²) in [4.78, 5) is 0. The average molecular weight is 198 g/mol. The van der Waals surface area contributed by atoms with Crippen LogP contribution in [0, 0.1) is 6.92 Å². The first-order valence-corrected chi connectivity index (χ1v) is 5.22. The highest BCUT2D eigenvalue weighted by Gasteiger charge is 2.02. The smallest absolute Gasteiger partial charge is 0.0152 e. The van der Waals surface area contributed by atoms with E-state index in [0.717, 1.165) is 0 Å². The molecule has 0 aromatic heterocycles. The SMILES string of the molecule is C=C/C(=C(C)\C=C/C)c1ccccc1C. The molecule has 0 bridgehead atoms. The van der Waals surface area contributed by atoms with Gasteiger partial charge in [-0.05, 0) is 43.0 Å². The fourth-order valence-corrected chi connectivity index (χ4v) is 1.70. The van der Waals surface area contributed by atoms with Crippen LogP contribution in [-0.4, -0.2) is 0 Å². The first kappa shape index (κ1) is 11.5. The molecule has 0 atom stereocenters. The lowest BCUT2D eigenvalue weighted by molar-refractivity contribution is 1.40. The van der Waals surface area contributed by atoms with Crippen LogP contribution in [0.4, 0.5) is 0 Å². The third kappa shape index (κ3) is 2.69. The van der Waals surface area contributed by atoms with E-state index in [0.29, 0.717) is 0 Å². The van der Waals surface area contributed by atoms with E-state index >= 15 is 0 Å². The predicted octanol–water partition coefficient (Wildman–Crippen LogP) is 4.53. The normalized spacial score (nSPS) is 12.7. The van der Waals surface area contributed by atoms with Crippen molar-refractivity contribution in [1.29, 1.82) is 0 Å². The van der Waals surface area contributed by atoms with Gasteiger partial charge in [0, 0.05) is 0 Å². The van der Waals surface area contributed by atoms with Crippen LogP contribution >= 0.6 is 0 Å². The molecule has 1 rings (SSSR count).